The van der Waals surface area contributed by atoms with E-state index in [0.29, 0.717) is 17.5 Å². The Morgan fingerprint density at radius 2 is 0.924 bits per heavy atom. The van der Waals surface area contributed by atoms with Gasteiger partial charge in [-0.1, -0.05) is 178 Å². The minimum Gasteiger partial charge on any atom is -0.454 e. The Morgan fingerprint density at radius 1 is 0.394 bits per heavy atom. The maximum atomic E-state index is 6.99. The molecule has 312 valence electrons. The number of furan rings is 1. The van der Waals surface area contributed by atoms with Crippen molar-refractivity contribution in [3.05, 3.63) is 217 Å². The lowest BCUT2D eigenvalue weighted by atomic mass is 9.81. The Bertz CT molecular complexity index is 3650. The molecule has 0 N–H and O–H groups in total. The molecule has 2 aliphatic rings. The van der Waals surface area contributed by atoms with E-state index in [1.165, 1.54) is 22.3 Å². The molecule has 0 amide bonds. The van der Waals surface area contributed by atoms with Crippen molar-refractivity contribution in [1.29, 1.82) is 0 Å². The number of ether oxygens (including phenoxy) is 1. The SMILES string of the molecule is CC1(C)c2ccccc2-c2ccc(-c3ccc4c(c3)Oc3cc(-c5ccccc5)ccc3N4c3cccc4c3oc3cccc(-c5nc(-c6ccccc6)nc(-c6ccccc6)n5)c34)cc21. The topological polar surface area (TPSA) is 64.3 Å². The third-order valence-electron chi connectivity index (χ3n) is 13.3. The molecule has 0 saturated heterocycles. The predicted molar refractivity (Wildman–Crippen MR) is 267 cm³/mol. The zero-order valence-electron chi connectivity index (χ0n) is 36.2. The van der Waals surface area contributed by atoms with Gasteiger partial charge in [-0.3, -0.25) is 4.90 Å². The van der Waals surface area contributed by atoms with Gasteiger partial charge in [0.2, 0.25) is 0 Å². The molecule has 0 spiro atoms. The summed E-state index contributed by atoms with van der Waals surface area (Å²) in [6, 6.07) is 71.8. The molecule has 0 bridgehead atoms. The lowest BCUT2D eigenvalue weighted by Crippen LogP contribution is -2.16. The van der Waals surface area contributed by atoms with Gasteiger partial charge in [0, 0.05) is 32.9 Å². The smallest absolute Gasteiger partial charge is 0.164 e. The minimum absolute atomic E-state index is 0.112. The number of nitrogens with zero attached hydrogens (tertiary/aromatic N) is 4. The maximum absolute atomic E-state index is 6.99. The highest BCUT2D eigenvalue weighted by atomic mass is 16.5. The molecule has 0 saturated carbocycles. The molecular weight excluding hydrogens is 809 g/mol. The molecule has 13 rings (SSSR count). The number of hydrogen-bond acceptors (Lipinski definition) is 6. The Morgan fingerprint density at radius 3 is 1.61 bits per heavy atom. The van der Waals surface area contributed by atoms with E-state index in [1.54, 1.807) is 0 Å². The van der Waals surface area contributed by atoms with Gasteiger partial charge in [-0.15, -0.1) is 0 Å². The van der Waals surface area contributed by atoms with Gasteiger partial charge in [0.05, 0.1) is 17.1 Å². The van der Waals surface area contributed by atoms with E-state index in [-0.39, 0.29) is 5.41 Å². The van der Waals surface area contributed by atoms with Gasteiger partial charge >= 0.3 is 0 Å². The van der Waals surface area contributed by atoms with Crippen molar-refractivity contribution in [2.24, 2.45) is 0 Å². The first-order valence-electron chi connectivity index (χ1n) is 22.3. The second-order valence-corrected chi connectivity index (χ2v) is 17.6. The van der Waals surface area contributed by atoms with Crippen molar-refractivity contribution < 1.29 is 9.15 Å². The summed E-state index contributed by atoms with van der Waals surface area (Å²) in [5.41, 5.74) is 16.5. The molecule has 9 aromatic carbocycles. The molecule has 0 fully saturated rings. The van der Waals surface area contributed by atoms with Crippen molar-refractivity contribution in [2.75, 3.05) is 4.90 Å². The van der Waals surface area contributed by atoms with Crippen molar-refractivity contribution in [2.45, 2.75) is 19.3 Å². The van der Waals surface area contributed by atoms with Crippen LogP contribution in [0, 0.1) is 0 Å². The maximum Gasteiger partial charge on any atom is 0.164 e. The van der Waals surface area contributed by atoms with Crippen LogP contribution in [0.15, 0.2) is 211 Å². The van der Waals surface area contributed by atoms with Gasteiger partial charge in [0.1, 0.15) is 5.58 Å². The number of fused-ring (bicyclic) bond motifs is 8. The fraction of sp³-hybridized carbons (Fsp3) is 0.0500. The first-order chi connectivity index (χ1) is 32.5. The summed E-state index contributed by atoms with van der Waals surface area (Å²) in [4.78, 5) is 17.5. The number of aromatic nitrogens is 3. The van der Waals surface area contributed by atoms with Crippen molar-refractivity contribution in [3.8, 4) is 79.0 Å². The van der Waals surface area contributed by atoms with Crippen LogP contribution in [-0.4, -0.2) is 15.0 Å². The van der Waals surface area contributed by atoms with E-state index >= 15 is 0 Å². The summed E-state index contributed by atoms with van der Waals surface area (Å²) in [7, 11) is 0. The van der Waals surface area contributed by atoms with Crippen LogP contribution in [0.25, 0.3) is 89.5 Å². The molecule has 11 aromatic rings. The second kappa shape index (κ2) is 14.7. The summed E-state index contributed by atoms with van der Waals surface area (Å²) in [6.45, 7) is 4.65. The van der Waals surface area contributed by atoms with Crippen molar-refractivity contribution in [1.82, 2.24) is 15.0 Å². The molecule has 6 heteroatoms. The average molecular weight is 849 g/mol. The van der Waals surface area contributed by atoms with Gasteiger partial charge in [0.15, 0.2) is 34.6 Å². The molecule has 1 aliphatic carbocycles. The lowest BCUT2D eigenvalue weighted by molar-refractivity contribution is 0.477. The van der Waals surface area contributed by atoms with Crippen LogP contribution in [0.5, 0.6) is 11.5 Å². The van der Waals surface area contributed by atoms with Crippen molar-refractivity contribution >= 4 is 39.0 Å². The standard InChI is InChI=1S/C60H40N4O2/c1-60(2)47-25-13-12-22-43(47)44-31-28-40(34-48(44)60)42-30-33-50-54(36-42)65-53-35-41(37-16-6-3-7-17-37)29-32-49(53)64(50)51-26-14-23-45-55-46(24-15-27-52(55)66-56(45)51)59-62-57(38-18-8-4-9-19-38)61-58(63-59)39-20-10-5-11-21-39/h3-36H,1-2H3. The Hall–Kier alpha value is -8.61. The van der Waals surface area contributed by atoms with Crippen LogP contribution in [0.2, 0.25) is 0 Å². The van der Waals surface area contributed by atoms with Crippen LogP contribution < -0.4 is 9.64 Å². The lowest BCUT2D eigenvalue weighted by Gasteiger charge is -2.33. The van der Waals surface area contributed by atoms with E-state index in [2.05, 4.69) is 146 Å². The number of para-hydroxylation sites is 1. The van der Waals surface area contributed by atoms with E-state index in [9.17, 15) is 0 Å². The summed E-state index contributed by atoms with van der Waals surface area (Å²) < 4.78 is 14.0. The Labute approximate surface area is 382 Å². The van der Waals surface area contributed by atoms with Crippen LogP contribution >= 0.6 is 0 Å². The summed E-state index contributed by atoms with van der Waals surface area (Å²) in [6.07, 6.45) is 0. The number of hydrogen-bond donors (Lipinski definition) is 0. The third-order valence-corrected chi connectivity index (χ3v) is 13.3. The van der Waals surface area contributed by atoms with Crippen LogP contribution in [0.4, 0.5) is 17.1 Å². The zero-order valence-corrected chi connectivity index (χ0v) is 36.2. The average Bonchev–Trinajstić information content (AvgIpc) is 3.88. The van der Waals surface area contributed by atoms with Gasteiger partial charge in [-0.05, 0) is 87.0 Å². The molecule has 0 radical (unpaired) electrons. The monoisotopic (exact) mass is 848 g/mol. The highest BCUT2D eigenvalue weighted by Crippen LogP contribution is 2.55. The predicted octanol–water partition coefficient (Wildman–Crippen LogP) is 16.0. The second-order valence-electron chi connectivity index (χ2n) is 17.6. The summed E-state index contributed by atoms with van der Waals surface area (Å²) in [5.74, 6) is 3.30. The number of rotatable bonds is 6. The fourth-order valence-electron chi connectivity index (χ4n) is 10.1. The molecule has 66 heavy (non-hydrogen) atoms. The molecule has 3 heterocycles. The normalized spacial score (nSPS) is 13.2. The van der Waals surface area contributed by atoms with E-state index in [1.807, 2.05) is 78.9 Å². The summed E-state index contributed by atoms with van der Waals surface area (Å²) in [5, 5.41) is 1.89. The number of benzene rings is 9. The third kappa shape index (κ3) is 5.99. The van der Waals surface area contributed by atoms with Gasteiger partial charge in [-0.2, -0.15) is 0 Å². The van der Waals surface area contributed by atoms with E-state index in [0.717, 1.165) is 89.4 Å². The van der Waals surface area contributed by atoms with Crippen LogP contribution in [-0.2, 0) is 5.41 Å². The van der Waals surface area contributed by atoms with Gasteiger partial charge < -0.3 is 9.15 Å². The largest absolute Gasteiger partial charge is 0.454 e. The quantitative estimate of drug-likeness (QED) is 0.166. The Balaban J connectivity index is 0.981. The summed E-state index contributed by atoms with van der Waals surface area (Å²) >= 11 is 0. The van der Waals surface area contributed by atoms with Gasteiger partial charge in [0.25, 0.3) is 0 Å². The molecule has 2 aromatic heterocycles. The van der Waals surface area contributed by atoms with Crippen molar-refractivity contribution in [3.63, 3.8) is 0 Å². The molecule has 1 aliphatic heterocycles. The Kier molecular flexibility index (Phi) is 8.46. The number of anilines is 3. The molecule has 0 atom stereocenters. The van der Waals surface area contributed by atoms with E-state index in [4.69, 9.17) is 24.1 Å². The van der Waals surface area contributed by atoms with Gasteiger partial charge in [-0.25, -0.2) is 15.0 Å². The highest BCUT2D eigenvalue weighted by Gasteiger charge is 2.36. The minimum atomic E-state index is -0.112. The van der Waals surface area contributed by atoms with Crippen LogP contribution in [0.1, 0.15) is 25.0 Å². The van der Waals surface area contributed by atoms with E-state index < -0.39 is 0 Å². The fourth-order valence-corrected chi connectivity index (χ4v) is 10.1. The molecule has 0 unspecified atom stereocenters. The first kappa shape index (κ1) is 37.9. The molecule has 6 nitrogen and oxygen atoms in total. The first-order valence-corrected chi connectivity index (χ1v) is 22.3. The highest BCUT2D eigenvalue weighted by molar-refractivity contribution is 6.16. The zero-order chi connectivity index (χ0) is 43.9. The molecular formula is C60H40N4O2. The van der Waals surface area contributed by atoms with Crippen LogP contribution in [0.3, 0.4) is 0 Å².